The topological polar surface area (TPSA) is 97.1 Å². The second kappa shape index (κ2) is 13.2. The molecule has 1 fully saturated rings. The first kappa shape index (κ1) is 31.7. The van der Waals surface area contributed by atoms with Gasteiger partial charge < -0.3 is 25.4 Å². The first-order valence-electron chi connectivity index (χ1n) is 12.7. The molecule has 2 amide bonds. The number of nitrogen functional groups attached to an aromatic ring is 1. The Labute approximate surface area is 241 Å². The van der Waals surface area contributed by atoms with Gasteiger partial charge in [0.15, 0.2) is 0 Å². The Balaban J connectivity index is 1.74. The highest BCUT2D eigenvalue weighted by Crippen LogP contribution is 2.32. The number of ether oxygens (including phenoxy) is 2. The quantitative estimate of drug-likeness (QED) is 0.286. The van der Waals surface area contributed by atoms with Crippen molar-refractivity contribution in [2.24, 2.45) is 0 Å². The van der Waals surface area contributed by atoms with E-state index in [1.165, 1.54) is 6.07 Å². The summed E-state index contributed by atoms with van der Waals surface area (Å²) in [4.78, 5) is 29.7. The number of hydrogen-bond acceptors (Lipinski definition) is 7. The van der Waals surface area contributed by atoms with Crippen molar-refractivity contribution in [1.82, 2.24) is 15.1 Å². The number of rotatable bonds is 8. The van der Waals surface area contributed by atoms with E-state index in [0.29, 0.717) is 31.2 Å². The van der Waals surface area contributed by atoms with E-state index in [2.05, 4.69) is 10.1 Å². The predicted octanol–water partition coefficient (Wildman–Crippen LogP) is 5.92. The third-order valence-corrected chi connectivity index (χ3v) is 7.12. The fourth-order valence-corrected chi connectivity index (χ4v) is 5.08. The highest BCUT2D eigenvalue weighted by molar-refractivity contribution is 7.99. The van der Waals surface area contributed by atoms with Gasteiger partial charge in [-0.1, -0.05) is 18.5 Å². The van der Waals surface area contributed by atoms with Crippen LogP contribution in [0.5, 0.6) is 5.75 Å². The second-order valence-electron chi connectivity index (χ2n) is 10.2. The fraction of sp³-hybridized carbons (Fsp3) is 0.481. The number of benzene rings is 2. The Morgan fingerprint density at radius 1 is 1.07 bits per heavy atom. The van der Waals surface area contributed by atoms with Crippen molar-refractivity contribution >= 4 is 41.1 Å². The lowest BCUT2D eigenvalue weighted by atomic mass is 10.1. The van der Waals surface area contributed by atoms with Crippen LogP contribution in [0.15, 0.2) is 35.2 Å². The van der Waals surface area contributed by atoms with E-state index < -0.39 is 29.7 Å². The lowest BCUT2D eigenvalue weighted by Gasteiger charge is -2.35. The maximum Gasteiger partial charge on any atom is 0.573 e. The molecule has 3 N–H and O–H groups in total. The van der Waals surface area contributed by atoms with Gasteiger partial charge in [0.1, 0.15) is 11.4 Å². The predicted molar refractivity (Wildman–Crippen MR) is 150 cm³/mol. The van der Waals surface area contributed by atoms with Crippen molar-refractivity contribution in [3.63, 3.8) is 0 Å². The fourth-order valence-electron chi connectivity index (χ4n) is 4.09. The number of amides is 2. The lowest BCUT2D eigenvalue weighted by molar-refractivity contribution is -0.275. The molecule has 1 heterocycles. The Morgan fingerprint density at radius 3 is 2.35 bits per heavy atom. The number of piperazine rings is 1. The van der Waals surface area contributed by atoms with Crippen molar-refractivity contribution in [3.8, 4) is 5.75 Å². The molecular weight excluding hydrogens is 569 g/mol. The second-order valence-corrected chi connectivity index (χ2v) is 11.9. The molecule has 8 nitrogen and oxygen atoms in total. The van der Waals surface area contributed by atoms with Gasteiger partial charge in [-0.25, -0.2) is 4.79 Å². The van der Waals surface area contributed by atoms with E-state index in [1.54, 1.807) is 49.6 Å². The summed E-state index contributed by atoms with van der Waals surface area (Å²) in [5.41, 5.74) is 6.35. The number of thioether (sulfide) groups is 1. The molecule has 1 aliphatic heterocycles. The third kappa shape index (κ3) is 9.38. The number of carbonyl (C=O) groups excluding carboxylic acids is 2. The molecule has 40 heavy (non-hydrogen) atoms. The molecule has 220 valence electrons. The Bertz CT molecular complexity index is 1220. The molecule has 1 saturated heterocycles. The van der Waals surface area contributed by atoms with Gasteiger partial charge in [-0.15, -0.1) is 24.9 Å². The first-order valence-corrected chi connectivity index (χ1v) is 14.1. The first-order chi connectivity index (χ1) is 18.6. The van der Waals surface area contributed by atoms with Gasteiger partial charge in [-0.2, -0.15) is 0 Å². The lowest BCUT2D eigenvalue weighted by Crippen LogP contribution is -2.49. The van der Waals surface area contributed by atoms with Crippen LogP contribution in [0.25, 0.3) is 0 Å². The molecule has 0 saturated carbocycles. The molecular formula is C27H34ClF3N4O4S. The molecule has 0 radical (unpaired) electrons. The van der Waals surface area contributed by atoms with Crippen LogP contribution >= 0.6 is 23.4 Å². The van der Waals surface area contributed by atoms with Crippen LogP contribution in [0.1, 0.15) is 49.2 Å². The van der Waals surface area contributed by atoms with Crippen LogP contribution < -0.4 is 15.8 Å². The van der Waals surface area contributed by atoms with Crippen LogP contribution in [-0.4, -0.2) is 65.7 Å². The van der Waals surface area contributed by atoms with E-state index in [9.17, 15) is 22.8 Å². The zero-order chi connectivity index (χ0) is 29.7. The monoisotopic (exact) mass is 602 g/mol. The SMILES string of the molecule is CCSc1ccc(Cl)cc1CNC(=O)c1cc(OC(F)(F)F)c(CN2CCN(C(=O)OC(C)(C)C)CC2)cc1N. The smallest absolute Gasteiger partial charge is 0.444 e. The number of carbonyl (C=O) groups is 2. The van der Waals surface area contributed by atoms with Gasteiger partial charge in [0.05, 0.1) is 5.56 Å². The minimum atomic E-state index is -4.97. The normalized spacial score (nSPS) is 14.7. The van der Waals surface area contributed by atoms with Gasteiger partial charge in [-0.05, 0) is 62.4 Å². The molecule has 0 aromatic heterocycles. The van der Waals surface area contributed by atoms with Crippen molar-refractivity contribution < 1.29 is 32.2 Å². The zero-order valence-corrected chi connectivity index (χ0v) is 24.4. The summed E-state index contributed by atoms with van der Waals surface area (Å²) in [5, 5.41) is 3.22. The van der Waals surface area contributed by atoms with E-state index in [4.69, 9.17) is 22.1 Å². The molecule has 3 rings (SSSR count). The summed E-state index contributed by atoms with van der Waals surface area (Å²) in [6.45, 7) is 9.03. The molecule has 0 bridgehead atoms. The zero-order valence-electron chi connectivity index (χ0n) is 22.9. The number of nitrogens with two attached hydrogens (primary N) is 1. The summed E-state index contributed by atoms with van der Waals surface area (Å²) < 4.78 is 49.6. The van der Waals surface area contributed by atoms with Crippen molar-refractivity contribution in [1.29, 1.82) is 0 Å². The molecule has 0 atom stereocenters. The summed E-state index contributed by atoms with van der Waals surface area (Å²) in [7, 11) is 0. The standard InChI is InChI=1S/C27H34ClF3N4O4S/c1-5-40-23-7-6-19(28)12-17(23)15-33-24(36)20-14-22(38-27(29,30)31)18(13-21(20)32)16-34-8-10-35(11-9-34)25(37)39-26(2,3)4/h6-7,12-14H,5,8-11,15-16,32H2,1-4H3,(H,33,36). The molecule has 0 unspecified atom stereocenters. The van der Waals surface area contributed by atoms with Gasteiger partial charge in [-0.3, -0.25) is 9.69 Å². The van der Waals surface area contributed by atoms with Crippen LogP contribution in [0.2, 0.25) is 5.02 Å². The number of hydrogen-bond donors (Lipinski definition) is 2. The van der Waals surface area contributed by atoms with Crippen LogP contribution in [0.3, 0.4) is 0 Å². The highest BCUT2D eigenvalue weighted by Gasteiger charge is 2.33. The van der Waals surface area contributed by atoms with E-state index in [-0.39, 0.29) is 29.9 Å². The van der Waals surface area contributed by atoms with Crippen LogP contribution in [0.4, 0.5) is 23.7 Å². The van der Waals surface area contributed by atoms with Crippen molar-refractivity contribution in [2.45, 2.75) is 57.6 Å². The maximum absolute atomic E-state index is 13.3. The minimum absolute atomic E-state index is 0.0173. The van der Waals surface area contributed by atoms with Gasteiger partial charge in [0.25, 0.3) is 5.91 Å². The molecule has 13 heteroatoms. The van der Waals surface area contributed by atoms with Crippen LogP contribution in [-0.2, 0) is 17.8 Å². The molecule has 0 spiro atoms. The van der Waals surface area contributed by atoms with Gasteiger partial charge in [0, 0.05) is 60.4 Å². The number of halogens is 4. The van der Waals surface area contributed by atoms with Crippen molar-refractivity contribution in [2.75, 3.05) is 37.7 Å². The molecule has 2 aromatic rings. The van der Waals surface area contributed by atoms with Crippen molar-refractivity contribution in [3.05, 3.63) is 52.0 Å². The van der Waals surface area contributed by atoms with Gasteiger partial charge >= 0.3 is 12.5 Å². The summed E-state index contributed by atoms with van der Waals surface area (Å²) in [6.07, 6.45) is -5.41. The molecule has 0 aliphatic carbocycles. The van der Waals surface area contributed by atoms with Crippen LogP contribution in [0, 0.1) is 0 Å². The van der Waals surface area contributed by atoms with E-state index in [0.717, 1.165) is 22.3 Å². The maximum atomic E-state index is 13.3. The minimum Gasteiger partial charge on any atom is -0.444 e. The third-order valence-electron chi connectivity index (χ3n) is 5.88. The molecule has 1 aliphatic rings. The highest BCUT2D eigenvalue weighted by atomic mass is 35.5. The van der Waals surface area contributed by atoms with E-state index in [1.807, 2.05) is 17.9 Å². The van der Waals surface area contributed by atoms with E-state index >= 15 is 0 Å². The number of nitrogens with one attached hydrogen (secondary N) is 1. The number of nitrogens with zero attached hydrogens (tertiary/aromatic N) is 2. The average molecular weight is 603 g/mol. The number of anilines is 1. The average Bonchev–Trinajstić information content (AvgIpc) is 2.84. The largest absolute Gasteiger partial charge is 0.573 e. The molecule has 2 aromatic carbocycles. The summed E-state index contributed by atoms with van der Waals surface area (Å²) in [5.74, 6) is -0.341. The number of alkyl halides is 3. The summed E-state index contributed by atoms with van der Waals surface area (Å²) >= 11 is 7.69. The Morgan fingerprint density at radius 2 is 1.75 bits per heavy atom. The van der Waals surface area contributed by atoms with Gasteiger partial charge in [0.2, 0.25) is 0 Å². The summed E-state index contributed by atoms with van der Waals surface area (Å²) in [6, 6.07) is 7.68. The Hall–Kier alpha value is -2.83. The Kier molecular flexibility index (Phi) is 10.5.